The lowest BCUT2D eigenvalue weighted by Gasteiger charge is -2.10. The molecule has 3 rings (SSSR count). The molecule has 2 aromatic carbocycles. The molecule has 0 amide bonds. The Morgan fingerprint density at radius 2 is 1.88 bits per heavy atom. The van der Waals surface area contributed by atoms with Crippen LogP contribution in [0.2, 0.25) is 5.02 Å². The fraction of sp³-hybridized carbons (Fsp3) is 0.143. The van der Waals surface area contributed by atoms with Crippen LogP contribution in [-0.2, 0) is 6.42 Å². The molecular weight excluding hydrogens is 271 g/mol. The third kappa shape index (κ3) is 2.20. The first-order valence-corrected chi connectivity index (χ1v) is 7.06. The minimum atomic E-state index is -0.000139. The van der Waals surface area contributed by atoms with E-state index in [0.29, 0.717) is 0 Å². The Labute approximate surface area is 115 Å². The van der Waals surface area contributed by atoms with Crippen molar-refractivity contribution in [2.75, 3.05) is 0 Å². The summed E-state index contributed by atoms with van der Waals surface area (Å²) in [4.78, 5) is 2.50. The Morgan fingerprint density at radius 1 is 1.06 bits per heavy atom. The van der Waals surface area contributed by atoms with Crippen LogP contribution in [-0.4, -0.2) is 0 Å². The van der Waals surface area contributed by atoms with Crippen molar-refractivity contribution in [1.82, 2.24) is 0 Å². The van der Waals surface area contributed by atoms with E-state index in [4.69, 9.17) is 23.2 Å². The van der Waals surface area contributed by atoms with Crippen molar-refractivity contribution in [2.24, 2.45) is 0 Å². The van der Waals surface area contributed by atoms with Gasteiger partial charge in [-0.1, -0.05) is 41.6 Å². The van der Waals surface area contributed by atoms with Gasteiger partial charge in [-0.3, -0.25) is 0 Å². The molecule has 0 saturated heterocycles. The molecule has 0 N–H and O–H groups in total. The molecule has 2 aromatic rings. The van der Waals surface area contributed by atoms with Crippen LogP contribution in [0.3, 0.4) is 0 Å². The second kappa shape index (κ2) is 4.56. The van der Waals surface area contributed by atoms with Gasteiger partial charge in [-0.05, 0) is 41.8 Å². The van der Waals surface area contributed by atoms with E-state index in [0.717, 1.165) is 17.0 Å². The number of hydrogen-bond donors (Lipinski definition) is 0. The fourth-order valence-electron chi connectivity index (χ4n) is 2.05. The number of hydrogen-bond acceptors (Lipinski definition) is 1. The van der Waals surface area contributed by atoms with Crippen LogP contribution >= 0.6 is 35.0 Å². The average Bonchev–Trinajstić information content (AvgIpc) is 2.46. The lowest BCUT2D eigenvalue weighted by molar-refractivity contribution is 0.891. The minimum Gasteiger partial charge on any atom is -0.117 e. The Morgan fingerprint density at radius 3 is 2.76 bits per heavy atom. The molecule has 1 unspecified atom stereocenters. The van der Waals surface area contributed by atoms with Crippen molar-refractivity contribution in [2.45, 2.75) is 21.6 Å². The number of alkyl halides is 1. The monoisotopic (exact) mass is 280 g/mol. The molecule has 0 fully saturated rings. The van der Waals surface area contributed by atoms with Crippen molar-refractivity contribution < 1.29 is 0 Å². The summed E-state index contributed by atoms with van der Waals surface area (Å²) in [5, 5.41) is 0.751. The number of halogens is 2. The number of rotatable bonds is 0. The highest BCUT2D eigenvalue weighted by molar-refractivity contribution is 7.99. The molecule has 3 heteroatoms. The van der Waals surface area contributed by atoms with Crippen LogP contribution in [0.4, 0.5) is 0 Å². The predicted molar refractivity (Wildman–Crippen MR) is 74.3 cm³/mol. The number of fused-ring (bicyclic) bond motifs is 2. The van der Waals surface area contributed by atoms with E-state index >= 15 is 0 Å². The molecule has 0 radical (unpaired) electrons. The van der Waals surface area contributed by atoms with Crippen molar-refractivity contribution in [1.29, 1.82) is 0 Å². The van der Waals surface area contributed by atoms with Crippen LogP contribution < -0.4 is 0 Å². The van der Waals surface area contributed by atoms with Crippen molar-refractivity contribution in [3.63, 3.8) is 0 Å². The van der Waals surface area contributed by atoms with Crippen molar-refractivity contribution in [3.05, 3.63) is 58.6 Å². The molecule has 17 heavy (non-hydrogen) atoms. The molecule has 1 aliphatic rings. The molecule has 0 bridgehead atoms. The summed E-state index contributed by atoms with van der Waals surface area (Å²) in [6.45, 7) is 0. The first kappa shape index (κ1) is 11.5. The fourth-order valence-corrected chi connectivity index (χ4v) is 3.76. The minimum absolute atomic E-state index is 0.000139. The summed E-state index contributed by atoms with van der Waals surface area (Å²) in [6, 6.07) is 14.4. The SMILES string of the molecule is Clc1ccc2c(c1)C(Cl)Cc1ccccc1S2. The maximum Gasteiger partial charge on any atom is 0.0637 e. The van der Waals surface area contributed by atoms with E-state index in [9.17, 15) is 0 Å². The summed E-state index contributed by atoms with van der Waals surface area (Å²) < 4.78 is 0. The van der Waals surface area contributed by atoms with Gasteiger partial charge in [0.15, 0.2) is 0 Å². The predicted octanol–water partition coefficient (Wildman–Crippen LogP) is 5.33. The van der Waals surface area contributed by atoms with Crippen LogP contribution in [0.1, 0.15) is 16.5 Å². The quantitative estimate of drug-likeness (QED) is 0.588. The molecule has 1 aliphatic heterocycles. The normalized spacial score (nSPS) is 18.1. The molecule has 0 aromatic heterocycles. The van der Waals surface area contributed by atoms with Crippen LogP contribution in [0.5, 0.6) is 0 Å². The summed E-state index contributed by atoms with van der Waals surface area (Å²) in [5.41, 5.74) is 2.45. The Bertz CT molecular complexity index is 566. The standard InChI is InChI=1S/C14H10Cl2S/c15-10-5-6-14-11(8-10)12(16)7-9-3-1-2-4-13(9)17-14/h1-6,8,12H,7H2. The first-order chi connectivity index (χ1) is 8.24. The van der Waals surface area contributed by atoms with Gasteiger partial charge in [-0.2, -0.15) is 0 Å². The second-order valence-corrected chi connectivity index (χ2v) is 6.11. The van der Waals surface area contributed by atoms with E-state index < -0.39 is 0 Å². The maximum absolute atomic E-state index is 6.48. The summed E-state index contributed by atoms with van der Waals surface area (Å²) in [6.07, 6.45) is 0.859. The lowest BCUT2D eigenvalue weighted by atomic mass is 10.0. The molecule has 1 heterocycles. The zero-order chi connectivity index (χ0) is 11.8. The molecular formula is C14H10Cl2S. The highest BCUT2D eigenvalue weighted by atomic mass is 35.5. The number of benzene rings is 2. The van der Waals surface area contributed by atoms with Gasteiger partial charge in [0.2, 0.25) is 0 Å². The molecule has 1 atom stereocenters. The van der Waals surface area contributed by atoms with E-state index in [1.54, 1.807) is 11.8 Å². The lowest BCUT2D eigenvalue weighted by Crippen LogP contribution is -1.95. The van der Waals surface area contributed by atoms with E-state index in [-0.39, 0.29) is 5.38 Å². The molecule has 0 spiro atoms. The zero-order valence-corrected chi connectivity index (χ0v) is 11.3. The van der Waals surface area contributed by atoms with Gasteiger partial charge in [0.25, 0.3) is 0 Å². The van der Waals surface area contributed by atoms with Gasteiger partial charge in [-0.25, -0.2) is 0 Å². The van der Waals surface area contributed by atoms with E-state index in [2.05, 4.69) is 30.3 Å². The topological polar surface area (TPSA) is 0 Å². The third-order valence-corrected chi connectivity index (χ3v) is 4.74. The van der Waals surface area contributed by atoms with E-state index in [1.165, 1.54) is 15.4 Å². The third-order valence-electron chi connectivity index (χ3n) is 2.90. The van der Waals surface area contributed by atoms with Crippen molar-refractivity contribution in [3.8, 4) is 0 Å². The summed E-state index contributed by atoms with van der Waals surface area (Å²) in [5.74, 6) is 0. The average molecular weight is 281 g/mol. The van der Waals surface area contributed by atoms with Gasteiger partial charge < -0.3 is 0 Å². The first-order valence-electron chi connectivity index (χ1n) is 5.43. The summed E-state index contributed by atoms with van der Waals surface area (Å²) >= 11 is 14.3. The van der Waals surface area contributed by atoms with Gasteiger partial charge in [0, 0.05) is 14.8 Å². The molecule has 0 aliphatic carbocycles. The van der Waals surface area contributed by atoms with Gasteiger partial charge >= 0.3 is 0 Å². The molecule has 86 valence electrons. The van der Waals surface area contributed by atoms with Crippen LogP contribution in [0, 0.1) is 0 Å². The van der Waals surface area contributed by atoms with Gasteiger partial charge in [-0.15, -0.1) is 11.6 Å². The second-order valence-electron chi connectivity index (χ2n) is 4.06. The summed E-state index contributed by atoms with van der Waals surface area (Å²) in [7, 11) is 0. The Balaban J connectivity index is 2.14. The van der Waals surface area contributed by atoms with Gasteiger partial charge in [0.1, 0.15) is 0 Å². The molecule has 0 nitrogen and oxygen atoms in total. The zero-order valence-electron chi connectivity index (χ0n) is 8.99. The maximum atomic E-state index is 6.48. The largest absolute Gasteiger partial charge is 0.117 e. The molecule has 0 saturated carbocycles. The Hall–Kier alpha value is -0.630. The van der Waals surface area contributed by atoms with Gasteiger partial charge in [0.05, 0.1) is 5.38 Å². The van der Waals surface area contributed by atoms with Crippen molar-refractivity contribution >= 4 is 35.0 Å². The van der Waals surface area contributed by atoms with Crippen LogP contribution in [0.25, 0.3) is 0 Å². The highest BCUT2D eigenvalue weighted by Gasteiger charge is 2.20. The van der Waals surface area contributed by atoms with E-state index in [1.807, 2.05) is 12.1 Å². The highest BCUT2D eigenvalue weighted by Crippen LogP contribution is 2.43. The smallest absolute Gasteiger partial charge is 0.0637 e. The Kier molecular flexibility index (Phi) is 3.08. The van der Waals surface area contributed by atoms with Crippen LogP contribution in [0.15, 0.2) is 52.3 Å².